The van der Waals surface area contributed by atoms with E-state index in [4.69, 9.17) is 10.5 Å². The Balaban J connectivity index is 1.67. The molecule has 4 rings (SSSR count). The summed E-state index contributed by atoms with van der Waals surface area (Å²) in [5, 5.41) is 10.5. The summed E-state index contributed by atoms with van der Waals surface area (Å²) < 4.78 is 5.06. The predicted molar refractivity (Wildman–Crippen MR) is 112 cm³/mol. The summed E-state index contributed by atoms with van der Waals surface area (Å²) in [5.74, 6) is 6.07. The number of anilines is 1. The Bertz CT molecular complexity index is 1200. The second kappa shape index (κ2) is 7.71. The van der Waals surface area contributed by atoms with Gasteiger partial charge in [-0.2, -0.15) is 0 Å². The normalized spacial score (nSPS) is 18.5. The smallest absolute Gasteiger partial charge is 0.267 e. The molecule has 8 nitrogen and oxygen atoms in total. The van der Waals surface area contributed by atoms with Crippen molar-refractivity contribution in [3.8, 4) is 23.1 Å². The third-order valence-corrected chi connectivity index (χ3v) is 4.97. The van der Waals surface area contributed by atoms with E-state index in [2.05, 4.69) is 26.8 Å². The molecule has 1 fully saturated rings. The lowest BCUT2D eigenvalue weighted by Gasteiger charge is -2.13. The van der Waals surface area contributed by atoms with Gasteiger partial charge in [0.15, 0.2) is 11.6 Å². The lowest BCUT2D eigenvalue weighted by molar-refractivity contribution is -0.137. The Morgan fingerprint density at radius 3 is 2.83 bits per heavy atom. The lowest BCUT2D eigenvalue weighted by atomic mass is 10.0. The van der Waals surface area contributed by atoms with Crippen LogP contribution >= 0.6 is 0 Å². The standard InChI is InChI=1S/C22H21N5O3/c1-27-11-10-22(29,21(27)28)9-8-14-4-3-5-15(12-14)16-6-7-17-19(25-16)20(23)26-18(24-17)13-30-2/h3-7,12,29H,10-11,13H2,1-2H3,(H2,23,24,26). The summed E-state index contributed by atoms with van der Waals surface area (Å²) >= 11 is 0. The van der Waals surface area contributed by atoms with Crippen LogP contribution < -0.4 is 5.73 Å². The van der Waals surface area contributed by atoms with Crippen molar-refractivity contribution in [1.29, 1.82) is 0 Å². The summed E-state index contributed by atoms with van der Waals surface area (Å²) in [6.07, 6.45) is 0.297. The Hall–Kier alpha value is -3.54. The molecular formula is C22H21N5O3. The molecule has 0 spiro atoms. The number of amides is 1. The van der Waals surface area contributed by atoms with E-state index in [-0.39, 0.29) is 18.3 Å². The van der Waals surface area contributed by atoms with Crippen LogP contribution in [-0.2, 0) is 16.1 Å². The molecule has 3 N–H and O–H groups in total. The monoisotopic (exact) mass is 403 g/mol. The number of nitrogen functional groups attached to an aromatic ring is 1. The van der Waals surface area contributed by atoms with Gasteiger partial charge in [-0.3, -0.25) is 4.79 Å². The van der Waals surface area contributed by atoms with Gasteiger partial charge < -0.3 is 20.5 Å². The van der Waals surface area contributed by atoms with Crippen molar-refractivity contribution in [2.45, 2.75) is 18.6 Å². The first kappa shape index (κ1) is 19.8. The van der Waals surface area contributed by atoms with Gasteiger partial charge in [0.2, 0.25) is 5.60 Å². The molecule has 1 saturated heterocycles. The number of carbonyl (C=O) groups is 1. The van der Waals surface area contributed by atoms with Crippen LogP contribution in [0.4, 0.5) is 5.82 Å². The number of benzene rings is 1. The van der Waals surface area contributed by atoms with Crippen molar-refractivity contribution in [1.82, 2.24) is 19.9 Å². The average molecular weight is 403 g/mol. The van der Waals surface area contributed by atoms with E-state index in [1.54, 1.807) is 14.2 Å². The molecule has 0 saturated carbocycles. The van der Waals surface area contributed by atoms with Crippen LogP contribution in [-0.4, -0.2) is 57.2 Å². The van der Waals surface area contributed by atoms with Crippen LogP contribution in [0.15, 0.2) is 36.4 Å². The van der Waals surface area contributed by atoms with Gasteiger partial charge in [-0.15, -0.1) is 0 Å². The lowest BCUT2D eigenvalue weighted by Crippen LogP contribution is -2.37. The number of hydrogen-bond donors (Lipinski definition) is 2. The maximum Gasteiger partial charge on any atom is 0.267 e. The van der Waals surface area contributed by atoms with Gasteiger partial charge in [-0.05, 0) is 24.3 Å². The Labute approximate surface area is 173 Å². The number of likely N-dealkylation sites (N-methyl/N-ethyl adjacent to an activating group) is 1. The van der Waals surface area contributed by atoms with E-state index in [0.29, 0.717) is 41.1 Å². The molecule has 0 bridgehead atoms. The molecule has 0 aliphatic carbocycles. The summed E-state index contributed by atoms with van der Waals surface area (Å²) in [6.45, 7) is 0.758. The number of carbonyl (C=O) groups excluding carboxylic acids is 1. The Morgan fingerprint density at radius 1 is 1.27 bits per heavy atom. The van der Waals surface area contributed by atoms with Crippen molar-refractivity contribution in [3.05, 3.63) is 47.8 Å². The second-order valence-electron chi connectivity index (χ2n) is 7.19. The minimum atomic E-state index is -1.63. The molecule has 3 aromatic rings. The number of aromatic nitrogens is 3. The molecule has 1 aromatic carbocycles. The van der Waals surface area contributed by atoms with E-state index < -0.39 is 5.60 Å². The van der Waals surface area contributed by atoms with Gasteiger partial charge in [0, 0.05) is 38.2 Å². The van der Waals surface area contributed by atoms with Crippen molar-refractivity contribution < 1.29 is 14.6 Å². The molecular weight excluding hydrogens is 382 g/mol. The van der Waals surface area contributed by atoms with Crippen LogP contribution in [0.3, 0.4) is 0 Å². The molecule has 1 unspecified atom stereocenters. The second-order valence-corrected chi connectivity index (χ2v) is 7.19. The highest BCUT2D eigenvalue weighted by molar-refractivity contribution is 5.90. The number of aliphatic hydroxyl groups is 1. The summed E-state index contributed by atoms with van der Waals surface area (Å²) in [4.78, 5) is 26.8. The molecule has 152 valence electrons. The number of nitrogens with zero attached hydrogens (tertiary/aromatic N) is 4. The number of likely N-dealkylation sites (tertiary alicyclic amines) is 1. The number of fused-ring (bicyclic) bond motifs is 1. The van der Waals surface area contributed by atoms with Gasteiger partial charge >= 0.3 is 0 Å². The first-order valence-electron chi connectivity index (χ1n) is 9.43. The zero-order valence-corrected chi connectivity index (χ0v) is 16.7. The largest absolute Gasteiger partial charge is 0.382 e. The zero-order chi connectivity index (χ0) is 21.3. The van der Waals surface area contributed by atoms with Gasteiger partial charge in [0.1, 0.15) is 12.1 Å². The van der Waals surface area contributed by atoms with Gasteiger partial charge in [0.05, 0.1) is 11.2 Å². The molecule has 0 radical (unpaired) electrons. The van der Waals surface area contributed by atoms with Crippen molar-refractivity contribution in [2.24, 2.45) is 0 Å². The molecule has 1 aliphatic heterocycles. The van der Waals surface area contributed by atoms with E-state index >= 15 is 0 Å². The number of methoxy groups -OCH3 is 1. The fraction of sp³-hybridized carbons (Fsp3) is 0.273. The molecule has 3 heterocycles. The fourth-order valence-electron chi connectivity index (χ4n) is 3.34. The minimum Gasteiger partial charge on any atom is -0.382 e. The third-order valence-electron chi connectivity index (χ3n) is 4.97. The van der Waals surface area contributed by atoms with Crippen LogP contribution in [0.25, 0.3) is 22.3 Å². The van der Waals surface area contributed by atoms with Crippen molar-refractivity contribution in [3.63, 3.8) is 0 Å². The number of ether oxygens (including phenoxy) is 1. The van der Waals surface area contributed by atoms with E-state index in [0.717, 1.165) is 5.56 Å². The van der Waals surface area contributed by atoms with E-state index in [1.165, 1.54) is 4.90 Å². The number of pyridine rings is 1. The summed E-state index contributed by atoms with van der Waals surface area (Å²) in [5.41, 5.74) is 7.78. The Kier molecular flexibility index (Phi) is 5.08. The molecule has 1 amide bonds. The predicted octanol–water partition coefficient (Wildman–Crippen LogP) is 1.37. The summed E-state index contributed by atoms with van der Waals surface area (Å²) in [7, 11) is 3.22. The first-order valence-corrected chi connectivity index (χ1v) is 9.43. The number of nitrogens with two attached hydrogens (primary N) is 1. The number of rotatable bonds is 3. The minimum absolute atomic E-state index is 0.271. The molecule has 30 heavy (non-hydrogen) atoms. The van der Waals surface area contributed by atoms with Gasteiger partial charge in [0.25, 0.3) is 5.91 Å². The third kappa shape index (κ3) is 3.68. The average Bonchev–Trinajstić information content (AvgIpc) is 3.00. The Morgan fingerprint density at radius 2 is 2.10 bits per heavy atom. The SMILES string of the molecule is COCc1nc(N)c2nc(-c3cccc(C#CC4(O)CCN(C)C4=O)c3)ccc2n1. The fourth-order valence-corrected chi connectivity index (χ4v) is 3.34. The van der Waals surface area contributed by atoms with Crippen molar-refractivity contribution >= 4 is 22.8 Å². The van der Waals surface area contributed by atoms with Crippen LogP contribution in [0.1, 0.15) is 17.8 Å². The zero-order valence-electron chi connectivity index (χ0n) is 16.7. The van der Waals surface area contributed by atoms with Gasteiger partial charge in [-0.1, -0.05) is 24.0 Å². The number of hydrogen-bond acceptors (Lipinski definition) is 7. The van der Waals surface area contributed by atoms with Crippen LogP contribution in [0.2, 0.25) is 0 Å². The molecule has 2 aromatic heterocycles. The van der Waals surface area contributed by atoms with Crippen molar-refractivity contribution in [2.75, 3.05) is 26.4 Å². The molecule has 1 atom stereocenters. The maximum atomic E-state index is 12.1. The van der Waals surface area contributed by atoms with Crippen LogP contribution in [0, 0.1) is 11.8 Å². The summed E-state index contributed by atoms with van der Waals surface area (Å²) in [6, 6.07) is 11.1. The molecule has 8 heteroatoms. The highest BCUT2D eigenvalue weighted by Crippen LogP contribution is 2.24. The van der Waals surface area contributed by atoms with Crippen LogP contribution in [0.5, 0.6) is 0 Å². The highest BCUT2D eigenvalue weighted by atomic mass is 16.5. The quantitative estimate of drug-likeness (QED) is 0.635. The molecule has 1 aliphatic rings. The highest BCUT2D eigenvalue weighted by Gasteiger charge is 2.42. The van der Waals surface area contributed by atoms with Gasteiger partial charge in [-0.25, -0.2) is 15.0 Å². The van der Waals surface area contributed by atoms with E-state index in [1.807, 2.05) is 36.4 Å². The maximum absolute atomic E-state index is 12.1. The first-order chi connectivity index (χ1) is 14.4. The van der Waals surface area contributed by atoms with E-state index in [9.17, 15) is 9.90 Å². The topological polar surface area (TPSA) is 114 Å².